The van der Waals surface area contributed by atoms with Gasteiger partial charge in [0.05, 0.1) is 6.21 Å². The van der Waals surface area contributed by atoms with Gasteiger partial charge in [-0.25, -0.2) is 4.79 Å². The van der Waals surface area contributed by atoms with Gasteiger partial charge in [0.1, 0.15) is 0 Å². The van der Waals surface area contributed by atoms with E-state index in [1.807, 2.05) is 38.1 Å². The molecule has 0 radical (unpaired) electrons. The molecule has 0 fully saturated rings. The van der Waals surface area contributed by atoms with Crippen molar-refractivity contribution in [3.63, 3.8) is 0 Å². The summed E-state index contributed by atoms with van der Waals surface area (Å²) in [7, 11) is 0. The Labute approximate surface area is 117 Å². The van der Waals surface area contributed by atoms with Gasteiger partial charge in [-0.15, -0.1) is 0 Å². The molecule has 0 saturated heterocycles. The number of amides is 1. The van der Waals surface area contributed by atoms with Gasteiger partial charge in [0.25, 0.3) is 0 Å². The smallest absolute Gasteiger partial charge is 0.298 e. The maximum Gasteiger partial charge on any atom is 0.437 e. The molecule has 5 heteroatoms. The summed E-state index contributed by atoms with van der Waals surface area (Å²) in [6.07, 6.45) is 4.08. The van der Waals surface area contributed by atoms with E-state index in [4.69, 9.17) is 4.84 Å². The van der Waals surface area contributed by atoms with Crippen LogP contribution in [0.25, 0.3) is 0 Å². The summed E-state index contributed by atoms with van der Waals surface area (Å²) in [5.74, 6) is 0. The molecule has 1 aromatic heterocycles. The molecule has 0 saturated carbocycles. The summed E-state index contributed by atoms with van der Waals surface area (Å²) >= 11 is 0. The van der Waals surface area contributed by atoms with Crippen LogP contribution in [0, 0.1) is 13.8 Å². The van der Waals surface area contributed by atoms with Crippen molar-refractivity contribution in [3.05, 3.63) is 59.4 Å². The van der Waals surface area contributed by atoms with Gasteiger partial charge in [-0.2, -0.15) is 0 Å². The molecule has 5 nitrogen and oxygen atoms in total. The molecular formula is C15H15N3O2. The average Bonchev–Trinajstić information content (AvgIpc) is 2.43. The summed E-state index contributed by atoms with van der Waals surface area (Å²) in [5.41, 5.74) is 3.57. The van der Waals surface area contributed by atoms with E-state index in [2.05, 4.69) is 15.5 Å². The highest BCUT2D eigenvalue weighted by Gasteiger charge is 2.05. The fourth-order valence-electron chi connectivity index (χ4n) is 1.67. The van der Waals surface area contributed by atoms with Crippen LogP contribution in [0.2, 0.25) is 0 Å². The molecule has 1 amide bonds. The second kappa shape index (κ2) is 6.47. The molecule has 20 heavy (non-hydrogen) atoms. The second-order valence-corrected chi connectivity index (χ2v) is 4.34. The molecule has 102 valence electrons. The Hall–Kier alpha value is -2.69. The molecule has 0 aliphatic carbocycles. The van der Waals surface area contributed by atoms with Gasteiger partial charge in [0, 0.05) is 23.6 Å². The normalized spacial score (nSPS) is 10.5. The van der Waals surface area contributed by atoms with Crippen LogP contribution in [0.15, 0.2) is 47.9 Å². The fourth-order valence-corrected chi connectivity index (χ4v) is 1.67. The Morgan fingerprint density at radius 2 is 2.20 bits per heavy atom. The molecule has 0 bridgehead atoms. The van der Waals surface area contributed by atoms with Gasteiger partial charge in [0.15, 0.2) is 0 Å². The van der Waals surface area contributed by atoms with Gasteiger partial charge in [0.2, 0.25) is 0 Å². The third-order valence-corrected chi connectivity index (χ3v) is 2.64. The van der Waals surface area contributed by atoms with Crippen LogP contribution < -0.4 is 5.32 Å². The van der Waals surface area contributed by atoms with E-state index in [-0.39, 0.29) is 0 Å². The van der Waals surface area contributed by atoms with Gasteiger partial charge >= 0.3 is 6.09 Å². The Kier molecular flexibility index (Phi) is 4.44. The molecule has 0 spiro atoms. The van der Waals surface area contributed by atoms with E-state index < -0.39 is 6.09 Å². The van der Waals surface area contributed by atoms with Crippen molar-refractivity contribution >= 4 is 18.0 Å². The zero-order chi connectivity index (χ0) is 14.4. The van der Waals surface area contributed by atoms with Crippen molar-refractivity contribution in [3.8, 4) is 0 Å². The van der Waals surface area contributed by atoms with Crippen LogP contribution >= 0.6 is 0 Å². The third kappa shape index (κ3) is 3.91. The summed E-state index contributed by atoms with van der Waals surface area (Å²) in [5, 5.41) is 6.24. The molecule has 1 aromatic carbocycles. The number of carbonyl (C=O) groups is 1. The summed E-state index contributed by atoms with van der Waals surface area (Å²) in [6.45, 7) is 3.91. The average molecular weight is 269 g/mol. The predicted molar refractivity (Wildman–Crippen MR) is 77.9 cm³/mol. The molecule has 0 aliphatic heterocycles. The van der Waals surface area contributed by atoms with E-state index in [1.165, 1.54) is 6.21 Å². The van der Waals surface area contributed by atoms with Gasteiger partial charge < -0.3 is 0 Å². The van der Waals surface area contributed by atoms with Crippen LogP contribution in [0.5, 0.6) is 0 Å². The molecule has 1 heterocycles. The highest BCUT2D eigenvalue weighted by molar-refractivity contribution is 5.86. The number of nitrogens with one attached hydrogen (secondary N) is 1. The number of aryl methyl sites for hydroxylation is 2. The minimum Gasteiger partial charge on any atom is -0.298 e. The lowest BCUT2D eigenvalue weighted by Gasteiger charge is -2.06. The van der Waals surface area contributed by atoms with E-state index in [1.54, 1.807) is 18.5 Å². The van der Waals surface area contributed by atoms with Crippen molar-refractivity contribution in [2.75, 3.05) is 5.32 Å². The highest BCUT2D eigenvalue weighted by Crippen LogP contribution is 2.16. The first-order valence-electron chi connectivity index (χ1n) is 6.14. The largest absolute Gasteiger partial charge is 0.437 e. The van der Waals surface area contributed by atoms with Gasteiger partial charge in [-0.05, 0) is 31.5 Å². The van der Waals surface area contributed by atoms with Crippen LogP contribution in [0.1, 0.15) is 16.7 Å². The van der Waals surface area contributed by atoms with Crippen LogP contribution in [-0.4, -0.2) is 17.3 Å². The summed E-state index contributed by atoms with van der Waals surface area (Å²) in [4.78, 5) is 20.2. The van der Waals surface area contributed by atoms with E-state index in [0.717, 1.165) is 16.7 Å². The second-order valence-electron chi connectivity index (χ2n) is 4.34. The third-order valence-electron chi connectivity index (χ3n) is 2.64. The van der Waals surface area contributed by atoms with Crippen molar-refractivity contribution in [2.24, 2.45) is 5.16 Å². The monoisotopic (exact) mass is 269 g/mol. The number of oxime groups is 1. The molecule has 2 aromatic rings. The number of hydrogen-bond acceptors (Lipinski definition) is 4. The molecule has 0 atom stereocenters. The quantitative estimate of drug-likeness (QED) is 0.528. The van der Waals surface area contributed by atoms with Crippen molar-refractivity contribution in [1.29, 1.82) is 0 Å². The van der Waals surface area contributed by atoms with E-state index in [0.29, 0.717) is 5.69 Å². The van der Waals surface area contributed by atoms with Gasteiger partial charge in [-0.1, -0.05) is 28.9 Å². The number of hydrogen-bond donors (Lipinski definition) is 1. The Bertz CT molecular complexity index is 624. The zero-order valence-electron chi connectivity index (χ0n) is 11.3. The lowest BCUT2D eigenvalue weighted by atomic mass is 10.1. The lowest BCUT2D eigenvalue weighted by Crippen LogP contribution is -2.11. The summed E-state index contributed by atoms with van der Waals surface area (Å²) < 4.78 is 0. The topological polar surface area (TPSA) is 63.6 Å². The standard InChI is InChI=1S/C15H15N3O2/c1-11-5-6-14(12(2)8-11)18-15(19)20-17-10-13-4-3-7-16-9-13/h3-10H,1-2H3,(H,18,19)/b17-10-. The minimum atomic E-state index is -0.628. The first kappa shape index (κ1) is 13.7. The predicted octanol–water partition coefficient (Wildman–Crippen LogP) is 3.28. The molecule has 1 N–H and O–H groups in total. The van der Waals surface area contributed by atoms with Crippen molar-refractivity contribution < 1.29 is 9.63 Å². The van der Waals surface area contributed by atoms with Gasteiger partial charge in [-0.3, -0.25) is 15.1 Å². The van der Waals surface area contributed by atoms with Crippen LogP contribution in [-0.2, 0) is 4.84 Å². The molecule has 0 unspecified atom stereocenters. The fraction of sp³-hybridized carbons (Fsp3) is 0.133. The number of aromatic nitrogens is 1. The Morgan fingerprint density at radius 1 is 1.35 bits per heavy atom. The number of rotatable bonds is 3. The maximum absolute atomic E-state index is 11.6. The Morgan fingerprint density at radius 3 is 2.90 bits per heavy atom. The van der Waals surface area contributed by atoms with Crippen molar-refractivity contribution in [1.82, 2.24) is 4.98 Å². The first-order chi connectivity index (χ1) is 9.65. The maximum atomic E-state index is 11.6. The molecular weight excluding hydrogens is 254 g/mol. The first-order valence-corrected chi connectivity index (χ1v) is 6.14. The van der Waals surface area contributed by atoms with Crippen molar-refractivity contribution in [2.45, 2.75) is 13.8 Å². The highest BCUT2D eigenvalue weighted by atomic mass is 16.7. The number of carbonyl (C=O) groups excluding carboxylic acids is 1. The molecule has 0 aliphatic rings. The van der Waals surface area contributed by atoms with E-state index in [9.17, 15) is 4.79 Å². The van der Waals surface area contributed by atoms with Crippen LogP contribution in [0.4, 0.5) is 10.5 Å². The Balaban J connectivity index is 1.91. The SMILES string of the molecule is Cc1ccc(NC(=O)O/N=C\c2cccnc2)c(C)c1. The number of benzene rings is 1. The number of anilines is 1. The number of pyridine rings is 1. The zero-order valence-corrected chi connectivity index (χ0v) is 11.3. The van der Waals surface area contributed by atoms with E-state index >= 15 is 0 Å². The molecule has 2 rings (SSSR count). The summed E-state index contributed by atoms with van der Waals surface area (Å²) in [6, 6.07) is 9.31. The lowest BCUT2D eigenvalue weighted by molar-refractivity contribution is 0.167. The number of nitrogens with zero attached hydrogens (tertiary/aromatic N) is 2. The van der Waals surface area contributed by atoms with Crippen LogP contribution in [0.3, 0.4) is 0 Å². The minimum absolute atomic E-state index is 0.628.